The minimum atomic E-state index is -3.04. The second-order valence-electron chi connectivity index (χ2n) is 5.12. The van der Waals surface area contributed by atoms with Gasteiger partial charge in [0.15, 0.2) is 0 Å². The first-order chi connectivity index (χ1) is 7.66. The van der Waals surface area contributed by atoms with Gasteiger partial charge in [-0.25, -0.2) is 13.1 Å². The molecule has 94 valence electrons. The van der Waals surface area contributed by atoms with E-state index in [4.69, 9.17) is 0 Å². The van der Waals surface area contributed by atoms with E-state index in [-0.39, 0.29) is 0 Å². The summed E-state index contributed by atoms with van der Waals surface area (Å²) in [6, 6.07) is 0. The van der Waals surface area contributed by atoms with Crippen molar-refractivity contribution in [2.24, 2.45) is 11.8 Å². The second kappa shape index (κ2) is 5.47. The molecule has 0 spiro atoms. The van der Waals surface area contributed by atoms with Crippen LogP contribution in [0, 0.1) is 11.8 Å². The average Bonchev–Trinajstić information content (AvgIpc) is 3.02. The van der Waals surface area contributed by atoms with Crippen molar-refractivity contribution in [3.05, 3.63) is 0 Å². The molecule has 0 bridgehead atoms. The van der Waals surface area contributed by atoms with E-state index in [1.165, 1.54) is 12.8 Å². The van der Waals surface area contributed by atoms with Crippen LogP contribution in [0.25, 0.3) is 0 Å². The Labute approximate surface area is 98.2 Å². The van der Waals surface area contributed by atoms with E-state index in [1.807, 2.05) is 0 Å². The monoisotopic (exact) mass is 246 g/mol. The first kappa shape index (κ1) is 12.3. The van der Waals surface area contributed by atoms with Gasteiger partial charge in [0.25, 0.3) is 0 Å². The van der Waals surface area contributed by atoms with Gasteiger partial charge in [0.1, 0.15) is 0 Å². The van der Waals surface area contributed by atoms with Crippen LogP contribution in [-0.4, -0.2) is 33.8 Å². The molecule has 2 N–H and O–H groups in total. The van der Waals surface area contributed by atoms with Gasteiger partial charge in [0.2, 0.25) is 10.0 Å². The molecule has 1 aliphatic heterocycles. The topological polar surface area (TPSA) is 58.2 Å². The first-order valence-electron chi connectivity index (χ1n) is 6.34. The predicted octanol–water partition coefficient (Wildman–Crippen LogP) is 0.706. The molecule has 1 unspecified atom stereocenters. The van der Waals surface area contributed by atoms with E-state index < -0.39 is 10.0 Å². The zero-order valence-corrected chi connectivity index (χ0v) is 10.6. The smallest absolute Gasteiger partial charge is 0.211 e. The highest BCUT2D eigenvalue weighted by atomic mass is 32.2. The van der Waals surface area contributed by atoms with Crippen molar-refractivity contribution in [1.82, 2.24) is 10.0 Å². The molecule has 2 rings (SSSR count). The molecule has 0 aromatic carbocycles. The highest BCUT2D eigenvalue weighted by Gasteiger charge is 2.23. The van der Waals surface area contributed by atoms with E-state index in [0.29, 0.717) is 18.2 Å². The van der Waals surface area contributed by atoms with Crippen LogP contribution in [0.1, 0.15) is 32.1 Å². The summed E-state index contributed by atoms with van der Waals surface area (Å²) in [5, 5.41) is 3.25. The van der Waals surface area contributed by atoms with E-state index in [0.717, 1.165) is 38.3 Å². The fourth-order valence-electron chi connectivity index (χ4n) is 2.26. The summed E-state index contributed by atoms with van der Waals surface area (Å²) < 4.78 is 26.2. The van der Waals surface area contributed by atoms with Crippen LogP contribution in [-0.2, 0) is 10.0 Å². The van der Waals surface area contributed by atoms with Gasteiger partial charge < -0.3 is 5.32 Å². The standard InChI is InChI=1S/C11H22N2O2S/c14-16(15,13-7-5-10-3-4-10)9-11-2-1-6-12-8-11/h10-13H,1-9H2. The van der Waals surface area contributed by atoms with Crippen LogP contribution in [0.3, 0.4) is 0 Å². The summed E-state index contributed by atoms with van der Waals surface area (Å²) in [5.41, 5.74) is 0. The Morgan fingerprint density at radius 3 is 2.62 bits per heavy atom. The maximum absolute atomic E-state index is 11.8. The summed E-state index contributed by atoms with van der Waals surface area (Å²) in [5.74, 6) is 1.39. The Bertz CT molecular complexity index is 306. The number of nitrogens with one attached hydrogen (secondary N) is 2. The van der Waals surface area contributed by atoms with Gasteiger partial charge in [-0.2, -0.15) is 0 Å². The molecule has 0 aromatic heterocycles. The average molecular weight is 246 g/mol. The third-order valence-electron chi connectivity index (χ3n) is 3.43. The fourth-order valence-corrected chi connectivity index (χ4v) is 3.71. The highest BCUT2D eigenvalue weighted by molar-refractivity contribution is 7.89. The fraction of sp³-hybridized carbons (Fsp3) is 1.00. The highest BCUT2D eigenvalue weighted by Crippen LogP contribution is 2.31. The van der Waals surface area contributed by atoms with Crippen LogP contribution in [0.4, 0.5) is 0 Å². The number of hydrogen-bond acceptors (Lipinski definition) is 3. The van der Waals surface area contributed by atoms with Crippen molar-refractivity contribution in [1.29, 1.82) is 0 Å². The van der Waals surface area contributed by atoms with E-state index >= 15 is 0 Å². The summed E-state index contributed by atoms with van der Waals surface area (Å²) in [7, 11) is -3.04. The van der Waals surface area contributed by atoms with Gasteiger partial charge in [-0.05, 0) is 44.2 Å². The Morgan fingerprint density at radius 1 is 1.19 bits per heavy atom. The van der Waals surface area contributed by atoms with Crippen molar-refractivity contribution in [3.8, 4) is 0 Å². The summed E-state index contributed by atoms with van der Waals surface area (Å²) in [6.07, 6.45) is 5.73. The molecular formula is C11H22N2O2S. The zero-order chi connectivity index (χ0) is 11.4. The summed E-state index contributed by atoms with van der Waals surface area (Å²) in [6.45, 7) is 2.52. The molecule has 1 aliphatic carbocycles. The molecule has 2 fully saturated rings. The van der Waals surface area contributed by atoms with Gasteiger partial charge in [0.05, 0.1) is 5.75 Å². The summed E-state index contributed by atoms with van der Waals surface area (Å²) >= 11 is 0. The van der Waals surface area contributed by atoms with Crippen molar-refractivity contribution in [2.45, 2.75) is 32.1 Å². The number of piperidine rings is 1. The van der Waals surface area contributed by atoms with Crippen molar-refractivity contribution >= 4 is 10.0 Å². The zero-order valence-electron chi connectivity index (χ0n) is 9.74. The lowest BCUT2D eigenvalue weighted by Crippen LogP contribution is -2.37. The Hall–Kier alpha value is -0.130. The molecule has 2 aliphatic rings. The van der Waals surface area contributed by atoms with Gasteiger partial charge in [-0.15, -0.1) is 0 Å². The number of hydrogen-bond donors (Lipinski definition) is 2. The second-order valence-corrected chi connectivity index (χ2v) is 6.97. The molecule has 0 radical (unpaired) electrons. The molecule has 1 saturated heterocycles. The minimum absolute atomic E-state index is 0.296. The SMILES string of the molecule is O=S(=O)(CC1CCCNC1)NCCC1CC1. The van der Waals surface area contributed by atoms with Crippen molar-refractivity contribution < 1.29 is 8.42 Å². The molecule has 1 saturated carbocycles. The molecule has 16 heavy (non-hydrogen) atoms. The molecule has 5 heteroatoms. The molecule has 0 amide bonds. The lowest BCUT2D eigenvalue weighted by Gasteiger charge is -2.22. The van der Waals surface area contributed by atoms with Gasteiger partial charge in [0, 0.05) is 6.54 Å². The van der Waals surface area contributed by atoms with Crippen LogP contribution in [0.2, 0.25) is 0 Å². The number of rotatable bonds is 6. The Kier molecular flexibility index (Phi) is 4.21. The normalized spacial score (nSPS) is 26.9. The molecule has 4 nitrogen and oxygen atoms in total. The van der Waals surface area contributed by atoms with Crippen LogP contribution in [0.5, 0.6) is 0 Å². The predicted molar refractivity (Wildman–Crippen MR) is 64.7 cm³/mol. The van der Waals surface area contributed by atoms with Crippen LogP contribution < -0.4 is 10.0 Å². The molecule has 1 atom stereocenters. The largest absolute Gasteiger partial charge is 0.316 e. The van der Waals surface area contributed by atoms with Crippen molar-refractivity contribution in [3.63, 3.8) is 0 Å². The van der Waals surface area contributed by atoms with Crippen LogP contribution in [0.15, 0.2) is 0 Å². The third-order valence-corrected chi connectivity index (χ3v) is 4.98. The van der Waals surface area contributed by atoms with Gasteiger partial charge >= 0.3 is 0 Å². The molecule has 1 heterocycles. The maximum Gasteiger partial charge on any atom is 0.211 e. The first-order valence-corrected chi connectivity index (χ1v) is 7.99. The Morgan fingerprint density at radius 2 is 2.00 bits per heavy atom. The quantitative estimate of drug-likeness (QED) is 0.725. The maximum atomic E-state index is 11.8. The summed E-state index contributed by atoms with van der Waals surface area (Å²) in [4.78, 5) is 0. The van der Waals surface area contributed by atoms with Gasteiger partial charge in [-0.3, -0.25) is 0 Å². The number of sulfonamides is 1. The van der Waals surface area contributed by atoms with Crippen LogP contribution >= 0.6 is 0 Å². The third kappa shape index (κ3) is 4.39. The van der Waals surface area contributed by atoms with Crippen molar-refractivity contribution in [2.75, 3.05) is 25.4 Å². The molecule has 0 aromatic rings. The Balaban J connectivity index is 1.68. The van der Waals surface area contributed by atoms with E-state index in [9.17, 15) is 8.42 Å². The lowest BCUT2D eigenvalue weighted by molar-refractivity contribution is 0.402. The van der Waals surface area contributed by atoms with Gasteiger partial charge in [-0.1, -0.05) is 12.8 Å². The molecular weight excluding hydrogens is 224 g/mol. The van der Waals surface area contributed by atoms with E-state index in [1.54, 1.807) is 0 Å². The minimum Gasteiger partial charge on any atom is -0.316 e. The van der Waals surface area contributed by atoms with E-state index in [2.05, 4.69) is 10.0 Å². The lowest BCUT2D eigenvalue weighted by atomic mass is 10.0.